The van der Waals surface area contributed by atoms with Crippen LogP contribution in [0.15, 0.2) is 12.7 Å². The fourth-order valence-electron chi connectivity index (χ4n) is 3.33. The molecule has 0 heterocycles. The molecule has 1 unspecified atom stereocenters. The molecule has 27 heavy (non-hydrogen) atoms. The number of carbonyl (C=O) groups is 1. The van der Waals surface area contributed by atoms with Gasteiger partial charge in [-0.2, -0.15) is 0 Å². The van der Waals surface area contributed by atoms with E-state index >= 15 is 0 Å². The third kappa shape index (κ3) is 23.1. The molecule has 3 nitrogen and oxygen atoms in total. The highest BCUT2D eigenvalue weighted by Gasteiger charge is 2.17. The standard InChI is InChI=1S/C21H46N.C3H5NO/c1-5-8-10-12-13-14-15-16-17-19-21-22(4,7-3)20-18-11-9-6-2;1-2-3(4)5/h5-21H2,1-4H3;2H,1H2,(H2,4,5)/q+1;. The summed E-state index contributed by atoms with van der Waals surface area (Å²) in [5.74, 6) is -0.481. The molecule has 0 saturated carbocycles. The first-order chi connectivity index (χ1) is 13.0. The summed E-state index contributed by atoms with van der Waals surface area (Å²) in [5, 5.41) is 0. The summed E-state index contributed by atoms with van der Waals surface area (Å²) in [7, 11) is 2.47. The molecule has 0 aliphatic heterocycles. The molecule has 0 saturated heterocycles. The van der Waals surface area contributed by atoms with Gasteiger partial charge in [0.25, 0.3) is 0 Å². The molecule has 0 aromatic rings. The van der Waals surface area contributed by atoms with Gasteiger partial charge in [0.2, 0.25) is 5.91 Å². The van der Waals surface area contributed by atoms with E-state index < -0.39 is 5.91 Å². The maximum atomic E-state index is 9.47. The van der Waals surface area contributed by atoms with E-state index in [1.54, 1.807) is 0 Å². The number of primary amides is 1. The van der Waals surface area contributed by atoms with E-state index in [0.717, 1.165) is 6.08 Å². The highest BCUT2D eigenvalue weighted by molar-refractivity contribution is 5.84. The fourth-order valence-corrected chi connectivity index (χ4v) is 3.33. The number of nitrogens with zero attached hydrogens (tertiary/aromatic N) is 1. The fraction of sp³-hybridized carbons (Fsp3) is 0.875. The van der Waals surface area contributed by atoms with Crippen molar-refractivity contribution < 1.29 is 9.28 Å². The largest absolute Gasteiger partial charge is 0.366 e. The molecule has 0 spiro atoms. The van der Waals surface area contributed by atoms with Gasteiger partial charge in [-0.25, -0.2) is 0 Å². The summed E-state index contributed by atoms with van der Waals surface area (Å²) >= 11 is 0. The van der Waals surface area contributed by atoms with Crippen LogP contribution in [0.2, 0.25) is 0 Å². The van der Waals surface area contributed by atoms with Gasteiger partial charge in [0.1, 0.15) is 0 Å². The predicted octanol–water partition coefficient (Wildman–Crippen LogP) is 6.61. The second kappa shape index (κ2) is 21.5. The van der Waals surface area contributed by atoms with Crippen molar-refractivity contribution in [2.24, 2.45) is 5.73 Å². The minimum absolute atomic E-state index is 0.481. The number of quaternary nitrogens is 1. The lowest BCUT2D eigenvalue weighted by atomic mass is 10.1. The van der Waals surface area contributed by atoms with Crippen LogP contribution in [0, 0.1) is 0 Å². The van der Waals surface area contributed by atoms with Gasteiger partial charge in [-0.1, -0.05) is 84.6 Å². The van der Waals surface area contributed by atoms with E-state index in [1.807, 2.05) is 0 Å². The zero-order chi connectivity index (χ0) is 20.8. The van der Waals surface area contributed by atoms with Crippen LogP contribution >= 0.6 is 0 Å². The van der Waals surface area contributed by atoms with Crippen molar-refractivity contribution >= 4 is 5.91 Å². The van der Waals surface area contributed by atoms with E-state index in [4.69, 9.17) is 0 Å². The first-order valence-electron chi connectivity index (χ1n) is 11.7. The van der Waals surface area contributed by atoms with Crippen LogP contribution in [0.3, 0.4) is 0 Å². The average Bonchev–Trinajstić information content (AvgIpc) is 2.67. The number of carbonyl (C=O) groups excluding carboxylic acids is 1. The highest BCUT2D eigenvalue weighted by Crippen LogP contribution is 2.13. The molecular weight excluding hydrogens is 332 g/mol. The first kappa shape index (κ1) is 28.4. The third-order valence-corrected chi connectivity index (χ3v) is 5.57. The zero-order valence-corrected chi connectivity index (χ0v) is 19.2. The molecule has 0 fully saturated rings. The van der Waals surface area contributed by atoms with Crippen LogP contribution < -0.4 is 5.73 Å². The summed E-state index contributed by atoms with van der Waals surface area (Å²) < 4.78 is 1.31. The number of hydrogen-bond donors (Lipinski definition) is 1. The molecule has 0 radical (unpaired) electrons. The van der Waals surface area contributed by atoms with E-state index in [9.17, 15) is 4.79 Å². The lowest BCUT2D eigenvalue weighted by Crippen LogP contribution is -2.45. The Bertz CT molecular complexity index is 330. The van der Waals surface area contributed by atoms with Crippen LogP contribution in [0.4, 0.5) is 0 Å². The van der Waals surface area contributed by atoms with Gasteiger partial charge in [-0.05, 0) is 38.7 Å². The summed E-state index contributed by atoms with van der Waals surface area (Å²) in [6.07, 6.45) is 21.2. The van der Waals surface area contributed by atoms with Crippen molar-refractivity contribution in [3.8, 4) is 0 Å². The SMILES string of the molecule is C=CC(N)=O.CCCCCCCCCCCC[N+](C)(CC)CCCCCC. The highest BCUT2D eigenvalue weighted by atomic mass is 16.1. The van der Waals surface area contributed by atoms with Gasteiger partial charge >= 0.3 is 0 Å². The van der Waals surface area contributed by atoms with Crippen molar-refractivity contribution in [1.82, 2.24) is 0 Å². The Balaban J connectivity index is 0. The van der Waals surface area contributed by atoms with E-state index in [1.165, 1.54) is 114 Å². The molecule has 0 aromatic carbocycles. The van der Waals surface area contributed by atoms with Crippen molar-refractivity contribution in [3.05, 3.63) is 12.7 Å². The molecule has 1 atom stereocenters. The number of rotatable bonds is 18. The van der Waals surface area contributed by atoms with Gasteiger partial charge in [0, 0.05) is 0 Å². The minimum atomic E-state index is -0.481. The second-order valence-corrected chi connectivity index (χ2v) is 8.23. The van der Waals surface area contributed by atoms with Crippen molar-refractivity contribution in [3.63, 3.8) is 0 Å². The van der Waals surface area contributed by atoms with Gasteiger partial charge < -0.3 is 10.2 Å². The zero-order valence-electron chi connectivity index (χ0n) is 19.2. The van der Waals surface area contributed by atoms with E-state index in [2.05, 4.69) is 40.1 Å². The van der Waals surface area contributed by atoms with Crippen molar-refractivity contribution in [1.29, 1.82) is 0 Å². The molecular formula is C24H51N2O+. The Labute approximate surface area is 171 Å². The summed E-state index contributed by atoms with van der Waals surface area (Å²) in [4.78, 5) is 9.47. The van der Waals surface area contributed by atoms with Crippen LogP contribution in [-0.2, 0) is 4.79 Å². The van der Waals surface area contributed by atoms with E-state index in [-0.39, 0.29) is 0 Å². The molecule has 1 amide bonds. The molecule has 0 rings (SSSR count). The van der Waals surface area contributed by atoms with Crippen LogP contribution in [0.5, 0.6) is 0 Å². The minimum Gasteiger partial charge on any atom is -0.366 e. The maximum absolute atomic E-state index is 9.47. The monoisotopic (exact) mass is 383 g/mol. The van der Waals surface area contributed by atoms with Crippen LogP contribution in [0.25, 0.3) is 0 Å². The summed E-state index contributed by atoms with van der Waals surface area (Å²) in [6, 6.07) is 0. The molecule has 0 aromatic heterocycles. The number of hydrogen-bond acceptors (Lipinski definition) is 1. The Kier molecular flexibility index (Phi) is 22.6. The second-order valence-electron chi connectivity index (χ2n) is 8.23. The first-order valence-corrected chi connectivity index (χ1v) is 11.7. The molecule has 162 valence electrons. The molecule has 0 aliphatic carbocycles. The maximum Gasteiger partial charge on any atom is 0.240 e. The molecule has 2 N–H and O–H groups in total. The Morgan fingerprint density at radius 2 is 1.04 bits per heavy atom. The Morgan fingerprint density at radius 3 is 1.33 bits per heavy atom. The van der Waals surface area contributed by atoms with E-state index in [0.29, 0.717) is 0 Å². The topological polar surface area (TPSA) is 43.1 Å². The van der Waals surface area contributed by atoms with Gasteiger partial charge in [-0.3, -0.25) is 4.79 Å². The van der Waals surface area contributed by atoms with Gasteiger partial charge in [-0.15, -0.1) is 0 Å². The third-order valence-electron chi connectivity index (χ3n) is 5.57. The van der Waals surface area contributed by atoms with Crippen LogP contribution in [0.1, 0.15) is 111 Å². The predicted molar refractivity (Wildman–Crippen MR) is 122 cm³/mol. The quantitative estimate of drug-likeness (QED) is 0.161. The lowest BCUT2D eigenvalue weighted by molar-refractivity contribution is -0.908. The Hall–Kier alpha value is -0.830. The van der Waals surface area contributed by atoms with Crippen molar-refractivity contribution in [2.75, 3.05) is 26.7 Å². The summed E-state index contributed by atoms with van der Waals surface area (Å²) in [6.45, 7) is 14.2. The number of unbranched alkanes of at least 4 members (excludes halogenated alkanes) is 12. The number of amides is 1. The molecule has 0 aliphatic rings. The molecule has 0 bridgehead atoms. The van der Waals surface area contributed by atoms with Crippen molar-refractivity contribution in [2.45, 2.75) is 111 Å². The normalized spacial score (nSPS) is 12.7. The number of nitrogens with two attached hydrogens (primary N) is 1. The Morgan fingerprint density at radius 1 is 0.741 bits per heavy atom. The molecule has 3 heteroatoms. The van der Waals surface area contributed by atoms with Crippen LogP contribution in [-0.4, -0.2) is 37.1 Å². The van der Waals surface area contributed by atoms with Gasteiger partial charge in [0.15, 0.2) is 0 Å². The average molecular weight is 384 g/mol. The smallest absolute Gasteiger partial charge is 0.240 e. The van der Waals surface area contributed by atoms with Gasteiger partial charge in [0.05, 0.1) is 26.7 Å². The lowest BCUT2D eigenvalue weighted by Gasteiger charge is -2.33. The summed E-state index contributed by atoms with van der Waals surface area (Å²) in [5.41, 5.74) is 4.53.